The topological polar surface area (TPSA) is 58.1 Å². The molecule has 0 aliphatic heterocycles. The summed E-state index contributed by atoms with van der Waals surface area (Å²) in [5.74, 6) is -0.0678. The predicted molar refractivity (Wildman–Crippen MR) is 108 cm³/mol. The number of carbonyl (C=O) groups is 1. The van der Waals surface area contributed by atoms with E-state index in [4.69, 9.17) is 4.98 Å². The molecule has 0 spiro atoms. The van der Waals surface area contributed by atoms with Gasteiger partial charge < -0.3 is 5.32 Å². The lowest BCUT2D eigenvalue weighted by Crippen LogP contribution is -2.41. The van der Waals surface area contributed by atoms with E-state index >= 15 is 0 Å². The third kappa shape index (κ3) is 3.83. The largest absolute Gasteiger partial charge is 0.350 e. The van der Waals surface area contributed by atoms with Crippen LogP contribution in [0.4, 0.5) is 0 Å². The number of aromatic nitrogens is 2. The molecule has 1 aliphatic carbocycles. The second-order valence-electron chi connectivity index (χ2n) is 7.24. The normalized spacial score (nSPS) is 15.1. The van der Waals surface area contributed by atoms with Crippen molar-refractivity contribution in [3.63, 3.8) is 0 Å². The number of amides is 1. The molecule has 1 atom stereocenters. The molecule has 0 bridgehead atoms. The Balaban J connectivity index is 1.62. The monoisotopic (exact) mass is 360 g/mol. The molecule has 1 aliphatic rings. The zero-order chi connectivity index (χ0) is 18.8. The van der Waals surface area contributed by atoms with Gasteiger partial charge in [-0.1, -0.05) is 24.3 Å². The van der Waals surface area contributed by atoms with Gasteiger partial charge in [-0.15, -0.1) is 0 Å². The standard InChI is InChI=1S/C22H24N4O/c1-15(26(2)16-10-11-16)14-24-22(27)18-13-21(20-9-5-6-12-23-20)25-19-8-4-3-7-17(18)19/h3-9,12-13,15-16H,10-11,14H2,1-2H3,(H,24,27). The number of hydrogen-bond donors (Lipinski definition) is 1. The summed E-state index contributed by atoms with van der Waals surface area (Å²) in [7, 11) is 2.13. The van der Waals surface area contributed by atoms with E-state index in [1.54, 1.807) is 6.20 Å². The number of nitrogens with zero attached hydrogens (tertiary/aromatic N) is 3. The highest BCUT2D eigenvalue weighted by Crippen LogP contribution is 2.27. The van der Waals surface area contributed by atoms with Gasteiger partial charge in [-0.05, 0) is 51.1 Å². The Bertz CT molecular complexity index is 953. The summed E-state index contributed by atoms with van der Waals surface area (Å²) in [4.78, 5) is 24.4. The highest BCUT2D eigenvalue weighted by Gasteiger charge is 2.29. The zero-order valence-corrected chi connectivity index (χ0v) is 15.7. The minimum Gasteiger partial charge on any atom is -0.350 e. The Labute approximate surface area is 159 Å². The van der Waals surface area contributed by atoms with Crippen molar-refractivity contribution in [2.45, 2.75) is 31.8 Å². The van der Waals surface area contributed by atoms with E-state index in [0.717, 1.165) is 16.6 Å². The number of hydrogen-bond acceptors (Lipinski definition) is 4. The SMILES string of the molecule is CC(CNC(=O)c1cc(-c2ccccn2)nc2ccccc12)N(C)C1CC1. The minimum absolute atomic E-state index is 0.0678. The molecule has 5 nitrogen and oxygen atoms in total. The molecule has 3 aromatic rings. The number of fused-ring (bicyclic) bond motifs is 1. The third-order valence-electron chi connectivity index (χ3n) is 5.26. The summed E-state index contributed by atoms with van der Waals surface area (Å²) in [6, 6.07) is 16.3. The van der Waals surface area contributed by atoms with Crippen LogP contribution in [0.2, 0.25) is 0 Å². The van der Waals surface area contributed by atoms with Crippen LogP contribution in [0.25, 0.3) is 22.3 Å². The van der Waals surface area contributed by atoms with Gasteiger partial charge >= 0.3 is 0 Å². The molecular weight excluding hydrogens is 336 g/mol. The van der Waals surface area contributed by atoms with Gasteiger partial charge in [-0.25, -0.2) is 4.98 Å². The van der Waals surface area contributed by atoms with Gasteiger partial charge in [-0.3, -0.25) is 14.7 Å². The Morgan fingerprint density at radius 3 is 2.70 bits per heavy atom. The first kappa shape index (κ1) is 17.6. The molecule has 2 heterocycles. The highest BCUT2D eigenvalue weighted by molar-refractivity contribution is 6.07. The molecule has 5 heteroatoms. The van der Waals surface area contributed by atoms with Crippen LogP contribution in [0.3, 0.4) is 0 Å². The maximum atomic E-state index is 13.0. The van der Waals surface area contributed by atoms with Crippen LogP contribution >= 0.6 is 0 Å². The number of nitrogens with one attached hydrogen (secondary N) is 1. The average molecular weight is 360 g/mol. The highest BCUT2D eigenvalue weighted by atomic mass is 16.1. The van der Waals surface area contributed by atoms with Crippen molar-refractivity contribution in [3.8, 4) is 11.4 Å². The number of likely N-dealkylation sites (N-methyl/N-ethyl adjacent to an activating group) is 1. The lowest BCUT2D eigenvalue weighted by atomic mass is 10.1. The Kier molecular flexibility index (Phi) is 4.86. The fourth-order valence-electron chi connectivity index (χ4n) is 3.33. The molecule has 27 heavy (non-hydrogen) atoms. The lowest BCUT2D eigenvalue weighted by molar-refractivity contribution is 0.0941. The van der Waals surface area contributed by atoms with Gasteiger partial charge in [0.1, 0.15) is 0 Å². The quantitative estimate of drug-likeness (QED) is 0.731. The van der Waals surface area contributed by atoms with Crippen molar-refractivity contribution in [2.75, 3.05) is 13.6 Å². The molecule has 1 N–H and O–H groups in total. The van der Waals surface area contributed by atoms with Crippen LogP contribution in [-0.4, -0.2) is 46.5 Å². The third-order valence-corrected chi connectivity index (χ3v) is 5.26. The Morgan fingerprint density at radius 2 is 1.96 bits per heavy atom. The first-order valence-electron chi connectivity index (χ1n) is 9.45. The fraction of sp³-hybridized carbons (Fsp3) is 0.318. The number of pyridine rings is 2. The van der Waals surface area contributed by atoms with E-state index < -0.39 is 0 Å². The van der Waals surface area contributed by atoms with E-state index in [9.17, 15) is 4.79 Å². The summed E-state index contributed by atoms with van der Waals surface area (Å²) in [5.41, 5.74) is 2.92. The van der Waals surface area contributed by atoms with Crippen LogP contribution in [-0.2, 0) is 0 Å². The molecule has 2 aromatic heterocycles. The Hall–Kier alpha value is -2.79. The first-order valence-corrected chi connectivity index (χ1v) is 9.45. The van der Waals surface area contributed by atoms with Crippen LogP contribution in [0.15, 0.2) is 54.7 Å². The van der Waals surface area contributed by atoms with Crippen molar-refractivity contribution < 1.29 is 4.79 Å². The number of rotatable bonds is 6. The van der Waals surface area contributed by atoms with Crippen LogP contribution < -0.4 is 5.32 Å². The summed E-state index contributed by atoms with van der Waals surface area (Å²) in [6.07, 6.45) is 4.26. The Morgan fingerprint density at radius 1 is 1.19 bits per heavy atom. The summed E-state index contributed by atoms with van der Waals surface area (Å²) >= 11 is 0. The molecule has 1 unspecified atom stereocenters. The average Bonchev–Trinajstić information content (AvgIpc) is 3.56. The van der Waals surface area contributed by atoms with Crippen LogP contribution in [0, 0.1) is 0 Å². The minimum atomic E-state index is -0.0678. The molecule has 138 valence electrons. The summed E-state index contributed by atoms with van der Waals surface area (Å²) < 4.78 is 0. The predicted octanol–water partition coefficient (Wildman–Crippen LogP) is 3.51. The van der Waals surface area contributed by atoms with Crippen molar-refractivity contribution in [2.24, 2.45) is 0 Å². The maximum absolute atomic E-state index is 13.0. The van der Waals surface area contributed by atoms with Gasteiger partial charge in [0.2, 0.25) is 0 Å². The van der Waals surface area contributed by atoms with E-state index in [2.05, 4.69) is 29.2 Å². The smallest absolute Gasteiger partial charge is 0.252 e. The molecule has 1 fully saturated rings. The van der Waals surface area contributed by atoms with Gasteiger partial charge in [-0.2, -0.15) is 0 Å². The van der Waals surface area contributed by atoms with Crippen LogP contribution in [0.1, 0.15) is 30.1 Å². The molecule has 1 saturated carbocycles. The van der Waals surface area contributed by atoms with Crippen molar-refractivity contribution in [1.82, 2.24) is 20.2 Å². The van der Waals surface area contributed by atoms with E-state index in [1.807, 2.05) is 48.5 Å². The van der Waals surface area contributed by atoms with E-state index in [1.165, 1.54) is 12.8 Å². The van der Waals surface area contributed by atoms with Crippen molar-refractivity contribution >= 4 is 16.8 Å². The second-order valence-corrected chi connectivity index (χ2v) is 7.24. The van der Waals surface area contributed by atoms with Gasteiger partial charge in [0, 0.05) is 30.2 Å². The lowest BCUT2D eigenvalue weighted by Gasteiger charge is -2.24. The van der Waals surface area contributed by atoms with Crippen LogP contribution in [0.5, 0.6) is 0 Å². The van der Waals surface area contributed by atoms with Crippen molar-refractivity contribution in [1.29, 1.82) is 0 Å². The van der Waals surface area contributed by atoms with E-state index in [-0.39, 0.29) is 5.91 Å². The molecular formula is C22H24N4O. The summed E-state index contributed by atoms with van der Waals surface area (Å²) in [5, 5.41) is 3.96. The molecule has 0 radical (unpaired) electrons. The fourth-order valence-corrected chi connectivity index (χ4v) is 3.33. The molecule has 1 aromatic carbocycles. The first-order chi connectivity index (χ1) is 13.1. The summed E-state index contributed by atoms with van der Waals surface area (Å²) in [6.45, 7) is 2.78. The maximum Gasteiger partial charge on any atom is 0.252 e. The van der Waals surface area contributed by atoms with Gasteiger partial charge in [0.05, 0.1) is 22.5 Å². The van der Waals surface area contributed by atoms with Gasteiger partial charge in [0.15, 0.2) is 0 Å². The van der Waals surface area contributed by atoms with E-state index in [0.29, 0.717) is 29.9 Å². The second kappa shape index (κ2) is 7.45. The number of carbonyl (C=O) groups excluding carboxylic acids is 1. The number of benzene rings is 1. The molecule has 4 rings (SSSR count). The zero-order valence-electron chi connectivity index (χ0n) is 15.7. The van der Waals surface area contributed by atoms with Crippen molar-refractivity contribution in [3.05, 3.63) is 60.3 Å². The van der Waals surface area contributed by atoms with Gasteiger partial charge in [0.25, 0.3) is 5.91 Å². The molecule has 0 saturated heterocycles. The molecule has 1 amide bonds. The number of para-hydroxylation sites is 1.